The lowest BCUT2D eigenvalue weighted by atomic mass is 9.90. The Labute approximate surface area is 313 Å². The predicted octanol–water partition coefficient (Wildman–Crippen LogP) is 6.78. The summed E-state index contributed by atoms with van der Waals surface area (Å²) in [6.07, 6.45) is -5.11. The summed E-state index contributed by atoms with van der Waals surface area (Å²) in [7, 11) is 0. The molecule has 1 fully saturated rings. The van der Waals surface area contributed by atoms with E-state index in [1.54, 1.807) is 67.5 Å². The maximum atomic E-state index is 16.1. The number of esters is 1. The smallest absolute Gasteiger partial charge is 0.425 e. The number of benzene rings is 1. The van der Waals surface area contributed by atoms with Gasteiger partial charge in [-0.1, -0.05) is 19.1 Å². The van der Waals surface area contributed by atoms with Crippen molar-refractivity contribution in [3.05, 3.63) is 45.0 Å². The number of aromatic nitrogens is 4. The maximum Gasteiger partial charge on any atom is 0.425 e. The van der Waals surface area contributed by atoms with Gasteiger partial charge in [0.2, 0.25) is 10.9 Å². The summed E-state index contributed by atoms with van der Waals surface area (Å²) in [5.74, 6) is -2.62. The molecule has 2 aromatic heterocycles. The van der Waals surface area contributed by atoms with Crippen molar-refractivity contribution in [2.75, 3.05) is 18.1 Å². The molecule has 2 amide bonds. The van der Waals surface area contributed by atoms with Crippen molar-refractivity contribution in [3.8, 4) is 0 Å². The number of hydrogen-bond acceptors (Lipinski definition) is 12. The largest absolute Gasteiger partial charge is 0.463 e. The number of alkyl halides is 1. The van der Waals surface area contributed by atoms with Crippen molar-refractivity contribution in [3.63, 3.8) is 0 Å². The summed E-state index contributed by atoms with van der Waals surface area (Å²) in [5, 5.41) is -0.394. The Balaban J connectivity index is 1.68. The highest BCUT2D eigenvalue weighted by Gasteiger charge is 2.50. The van der Waals surface area contributed by atoms with Gasteiger partial charge in [-0.15, -0.1) is 0 Å². The van der Waals surface area contributed by atoms with Crippen molar-refractivity contribution in [2.45, 2.75) is 104 Å². The number of imidazole rings is 1. The van der Waals surface area contributed by atoms with Crippen LogP contribution in [0.3, 0.4) is 0 Å². The van der Waals surface area contributed by atoms with Gasteiger partial charge in [-0.3, -0.25) is 9.36 Å². The monoisotopic (exact) mass is 845 g/mol. The van der Waals surface area contributed by atoms with Crippen LogP contribution in [0.1, 0.15) is 74.1 Å². The zero-order chi connectivity index (χ0) is 38.1. The van der Waals surface area contributed by atoms with Crippen LogP contribution in [0.4, 0.5) is 19.8 Å². The van der Waals surface area contributed by atoms with Crippen LogP contribution in [0.25, 0.3) is 11.2 Å². The normalized spacial score (nSPS) is 20.5. The van der Waals surface area contributed by atoms with E-state index >= 15 is 4.39 Å². The topological polar surface area (TPSA) is 161 Å². The van der Waals surface area contributed by atoms with Crippen LogP contribution in [0.15, 0.2) is 30.6 Å². The molecule has 0 aliphatic carbocycles. The molecule has 3 aromatic rings. The molecule has 1 aliphatic rings. The van der Waals surface area contributed by atoms with Crippen molar-refractivity contribution >= 4 is 75.1 Å². The zero-order valence-corrected chi connectivity index (χ0v) is 32.8. The second kappa shape index (κ2) is 15.6. The first-order valence-electron chi connectivity index (χ1n) is 16.2. The van der Waals surface area contributed by atoms with E-state index in [9.17, 15) is 19.2 Å². The molecule has 4 rings (SSSR count). The number of anilines is 1. The van der Waals surface area contributed by atoms with E-state index in [2.05, 4.69) is 37.5 Å². The van der Waals surface area contributed by atoms with Gasteiger partial charge in [0.25, 0.3) is 0 Å². The predicted molar refractivity (Wildman–Crippen MR) is 192 cm³/mol. The molecule has 0 bridgehead atoms. The first-order chi connectivity index (χ1) is 23.7. The molecule has 51 heavy (non-hydrogen) atoms. The van der Waals surface area contributed by atoms with Crippen LogP contribution >= 0.6 is 34.2 Å². The number of amides is 2. The highest BCUT2D eigenvalue weighted by Crippen LogP contribution is 2.39. The van der Waals surface area contributed by atoms with E-state index in [1.807, 2.05) is 12.1 Å². The average molecular weight is 846 g/mol. The summed E-state index contributed by atoms with van der Waals surface area (Å²) in [6.45, 7) is 13.8. The SMILES string of the molecule is CCOC(=O)C(Cc1ccc(I)cc1)(OC[C@H]1O[C@@H](n2cnc3c(N(C(=O)OC(C)(C)C)C(=O)OC(C)(C)C)nc(Cl)nc32)[C@@H](F)[C@@H]1C)C(C)=O. The fraction of sp³-hybridized carbons (Fsp3) is 0.559. The van der Waals surface area contributed by atoms with E-state index in [0.717, 1.165) is 3.57 Å². The number of imide groups is 1. The minimum atomic E-state index is -2.01. The number of ether oxygens (including phenoxy) is 5. The second-order valence-electron chi connectivity index (χ2n) is 14.0. The number of rotatable bonds is 10. The van der Waals surface area contributed by atoms with Gasteiger partial charge in [0.15, 0.2) is 35.2 Å². The quantitative estimate of drug-likeness (QED) is 0.0693. The van der Waals surface area contributed by atoms with Gasteiger partial charge >= 0.3 is 18.2 Å². The lowest BCUT2D eigenvalue weighted by molar-refractivity contribution is -0.182. The molecule has 14 nitrogen and oxygen atoms in total. The van der Waals surface area contributed by atoms with Crippen molar-refractivity contribution in [2.24, 2.45) is 5.92 Å². The van der Waals surface area contributed by atoms with Gasteiger partial charge in [-0.2, -0.15) is 14.9 Å². The summed E-state index contributed by atoms with van der Waals surface area (Å²) < 4.78 is 46.8. The Morgan fingerprint density at radius 3 is 2.14 bits per heavy atom. The molecule has 0 saturated carbocycles. The van der Waals surface area contributed by atoms with Crippen LogP contribution in [-0.2, 0) is 39.7 Å². The zero-order valence-electron chi connectivity index (χ0n) is 29.9. The Morgan fingerprint density at radius 2 is 1.61 bits per heavy atom. The minimum Gasteiger partial charge on any atom is -0.463 e. The molecular formula is C34H42ClFIN5O9. The van der Waals surface area contributed by atoms with E-state index in [1.165, 1.54) is 17.8 Å². The van der Waals surface area contributed by atoms with E-state index < -0.39 is 70.4 Å². The molecule has 17 heteroatoms. The second-order valence-corrected chi connectivity index (χ2v) is 15.6. The van der Waals surface area contributed by atoms with Crippen LogP contribution in [0.5, 0.6) is 0 Å². The van der Waals surface area contributed by atoms with Crippen molar-refractivity contribution in [1.29, 1.82) is 0 Å². The summed E-state index contributed by atoms with van der Waals surface area (Å²) in [6, 6.07) is 7.23. The van der Waals surface area contributed by atoms with E-state index in [4.69, 9.17) is 35.3 Å². The number of Topliss-reactive ketones (excluding diaryl/α,β-unsaturated/α-hetero) is 1. The molecule has 0 N–H and O–H groups in total. The Hall–Kier alpha value is -3.48. The molecule has 1 aliphatic heterocycles. The van der Waals surface area contributed by atoms with Gasteiger partial charge < -0.3 is 23.7 Å². The third kappa shape index (κ3) is 9.31. The highest BCUT2D eigenvalue weighted by molar-refractivity contribution is 14.1. The van der Waals surface area contributed by atoms with Gasteiger partial charge in [-0.25, -0.2) is 23.8 Å². The van der Waals surface area contributed by atoms with Gasteiger partial charge in [0.1, 0.15) is 11.2 Å². The number of nitrogens with zero attached hydrogens (tertiary/aromatic N) is 5. The standard InChI is InChI=1S/C34H42ClFIN5O9/c1-10-47-28(44)34(19(3)43,15-20-11-13-21(37)14-12-20)48-16-22-18(2)23(36)27(49-22)41-17-38-24-25(41)39-29(35)40-26(24)42(30(45)50-32(4,5)6)31(46)51-33(7,8)9/h11-14,17-18,22-23,27H,10,15-16H2,1-9H3/t18-,22-,23+,27-,34?/m1/s1. The number of halogens is 3. The van der Waals surface area contributed by atoms with Crippen molar-refractivity contribution < 1.29 is 47.3 Å². The number of fused-ring (bicyclic) bond motifs is 1. The average Bonchev–Trinajstić information content (AvgIpc) is 3.54. The van der Waals surface area contributed by atoms with Crippen LogP contribution in [0.2, 0.25) is 5.28 Å². The molecule has 3 heterocycles. The third-order valence-electron chi connectivity index (χ3n) is 7.72. The molecule has 1 unspecified atom stereocenters. The maximum absolute atomic E-state index is 16.1. The molecule has 5 atom stereocenters. The highest BCUT2D eigenvalue weighted by atomic mass is 127. The minimum absolute atomic E-state index is 0.00820. The molecule has 1 saturated heterocycles. The Morgan fingerprint density at radius 1 is 1.02 bits per heavy atom. The van der Waals surface area contributed by atoms with Crippen LogP contribution in [-0.4, -0.2) is 85.8 Å². The third-order valence-corrected chi connectivity index (χ3v) is 8.61. The van der Waals surface area contributed by atoms with E-state index in [0.29, 0.717) is 10.5 Å². The number of carbonyl (C=O) groups excluding carboxylic acids is 4. The first-order valence-corrected chi connectivity index (χ1v) is 17.7. The lowest BCUT2D eigenvalue weighted by Crippen LogP contribution is -2.52. The number of ketones is 1. The van der Waals surface area contributed by atoms with E-state index in [-0.39, 0.29) is 36.6 Å². The first kappa shape index (κ1) is 40.3. The summed E-state index contributed by atoms with van der Waals surface area (Å²) in [5.41, 5.74) is -3.54. The van der Waals surface area contributed by atoms with Gasteiger partial charge in [0, 0.05) is 15.9 Å². The lowest BCUT2D eigenvalue weighted by Gasteiger charge is -2.31. The summed E-state index contributed by atoms with van der Waals surface area (Å²) >= 11 is 8.45. The van der Waals surface area contributed by atoms with Crippen LogP contribution < -0.4 is 4.90 Å². The van der Waals surface area contributed by atoms with Gasteiger partial charge in [0.05, 0.1) is 25.6 Å². The number of carbonyl (C=O) groups is 4. The fourth-order valence-corrected chi connectivity index (χ4v) is 5.77. The Bertz CT molecular complexity index is 1750. The van der Waals surface area contributed by atoms with Crippen molar-refractivity contribution in [1.82, 2.24) is 19.5 Å². The molecule has 0 spiro atoms. The Kier molecular flexibility index (Phi) is 12.4. The van der Waals surface area contributed by atoms with Gasteiger partial charge in [-0.05, 0) is 107 Å². The molecular weight excluding hydrogens is 804 g/mol. The van der Waals surface area contributed by atoms with Crippen LogP contribution in [0, 0.1) is 9.49 Å². The summed E-state index contributed by atoms with van der Waals surface area (Å²) in [4.78, 5) is 66.4. The molecule has 0 radical (unpaired) electrons. The molecule has 1 aromatic carbocycles. The fourth-order valence-electron chi connectivity index (χ4n) is 5.25. The molecule has 278 valence electrons. The number of hydrogen-bond donors (Lipinski definition) is 0.